The van der Waals surface area contributed by atoms with Crippen molar-refractivity contribution >= 4 is 33.2 Å². The Bertz CT molecular complexity index is 535. The van der Waals surface area contributed by atoms with Crippen molar-refractivity contribution in [2.24, 2.45) is 0 Å². The Balaban J connectivity index is 2.36. The van der Waals surface area contributed by atoms with Crippen LogP contribution in [0.25, 0.3) is 0 Å². The molecule has 0 aromatic heterocycles. The maximum Gasteiger partial charge on any atom is 0.293 e. The average molecular weight is 328 g/mol. The van der Waals surface area contributed by atoms with Crippen LogP contribution in [0, 0.1) is 10.1 Å². The standard InChI is InChI=1S/C12H14BrN3O3/c1-14-6-5-10(12(14)17)15(2)9-4-3-8(13)7-11(9)16(18)19/h3-4,7,10H,5-6H2,1-2H3/t10-/m0/s1. The van der Waals surface area contributed by atoms with Gasteiger partial charge in [-0.15, -0.1) is 0 Å². The van der Waals surface area contributed by atoms with Crippen molar-refractivity contribution in [3.63, 3.8) is 0 Å². The van der Waals surface area contributed by atoms with Gasteiger partial charge < -0.3 is 9.80 Å². The lowest BCUT2D eigenvalue weighted by Gasteiger charge is -2.24. The number of likely N-dealkylation sites (tertiary alicyclic amines) is 1. The minimum Gasteiger partial charge on any atom is -0.357 e. The van der Waals surface area contributed by atoms with E-state index in [0.717, 1.165) is 0 Å². The highest BCUT2D eigenvalue weighted by Gasteiger charge is 2.34. The minimum atomic E-state index is -0.431. The number of hydrogen-bond acceptors (Lipinski definition) is 4. The molecule has 1 aliphatic rings. The fourth-order valence-electron chi connectivity index (χ4n) is 2.27. The van der Waals surface area contributed by atoms with Crippen molar-refractivity contribution in [3.8, 4) is 0 Å². The van der Waals surface area contributed by atoms with Crippen LogP contribution in [0.1, 0.15) is 6.42 Å². The summed E-state index contributed by atoms with van der Waals surface area (Å²) in [5.41, 5.74) is 0.459. The van der Waals surface area contributed by atoms with E-state index in [4.69, 9.17) is 0 Å². The number of anilines is 1. The number of amides is 1. The molecule has 1 aliphatic heterocycles. The van der Waals surface area contributed by atoms with Gasteiger partial charge in [-0.2, -0.15) is 0 Å². The SMILES string of the molecule is CN1CC[C@H](N(C)c2ccc(Br)cc2[N+](=O)[O-])C1=O. The molecule has 1 aromatic carbocycles. The number of nitrogens with zero attached hydrogens (tertiary/aromatic N) is 3. The fraction of sp³-hybridized carbons (Fsp3) is 0.417. The highest BCUT2D eigenvalue weighted by molar-refractivity contribution is 9.10. The molecular weight excluding hydrogens is 314 g/mol. The van der Waals surface area contributed by atoms with E-state index < -0.39 is 4.92 Å². The molecule has 1 heterocycles. The Morgan fingerprint density at radius 2 is 2.21 bits per heavy atom. The Kier molecular flexibility index (Phi) is 3.75. The third-order valence-corrected chi connectivity index (χ3v) is 3.87. The molecule has 0 radical (unpaired) electrons. The van der Waals surface area contributed by atoms with Gasteiger partial charge in [0.25, 0.3) is 5.69 Å². The van der Waals surface area contributed by atoms with Crippen LogP contribution in [-0.4, -0.2) is 42.4 Å². The van der Waals surface area contributed by atoms with Crippen molar-refractivity contribution in [3.05, 3.63) is 32.8 Å². The topological polar surface area (TPSA) is 66.7 Å². The van der Waals surface area contributed by atoms with Gasteiger partial charge >= 0.3 is 0 Å². The van der Waals surface area contributed by atoms with E-state index in [1.807, 2.05) is 0 Å². The predicted molar refractivity (Wildman–Crippen MR) is 75.2 cm³/mol. The number of halogens is 1. The first-order valence-corrected chi connectivity index (χ1v) is 6.63. The number of carbonyl (C=O) groups is 1. The predicted octanol–water partition coefficient (Wildman–Crippen LogP) is 2.02. The Morgan fingerprint density at radius 1 is 1.53 bits per heavy atom. The van der Waals surface area contributed by atoms with Gasteiger partial charge in [-0.05, 0) is 18.6 Å². The van der Waals surface area contributed by atoms with Gasteiger partial charge in [0.2, 0.25) is 5.91 Å². The first-order valence-electron chi connectivity index (χ1n) is 5.83. The molecule has 2 rings (SSSR count). The van der Waals surface area contributed by atoms with Crippen LogP contribution >= 0.6 is 15.9 Å². The summed E-state index contributed by atoms with van der Waals surface area (Å²) in [5, 5.41) is 11.1. The molecule has 102 valence electrons. The summed E-state index contributed by atoms with van der Waals surface area (Å²) in [4.78, 5) is 26.0. The quantitative estimate of drug-likeness (QED) is 0.629. The average Bonchev–Trinajstić information content (AvgIpc) is 2.69. The molecule has 1 saturated heterocycles. The Hall–Kier alpha value is -1.63. The lowest BCUT2D eigenvalue weighted by molar-refractivity contribution is -0.384. The zero-order valence-electron chi connectivity index (χ0n) is 10.7. The molecular formula is C12H14BrN3O3. The van der Waals surface area contributed by atoms with Crippen LogP contribution in [0.4, 0.5) is 11.4 Å². The van der Waals surface area contributed by atoms with Gasteiger partial charge in [0.15, 0.2) is 0 Å². The molecule has 1 atom stereocenters. The maximum absolute atomic E-state index is 12.0. The second kappa shape index (κ2) is 5.16. The van der Waals surface area contributed by atoms with E-state index >= 15 is 0 Å². The van der Waals surface area contributed by atoms with Crippen LogP contribution in [0.15, 0.2) is 22.7 Å². The van der Waals surface area contributed by atoms with Gasteiger partial charge in [-0.25, -0.2) is 0 Å². The van der Waals surface area contributed by atoms with Gasteiger partial charge in [0.1, 0.15) is 11.7 Å². The van der Waals surface area contributed by atoms with Crippen molar-refractivity contribution in [1.82, 2.24) is 4.90 Å². The molecule has 0 spiro atoms. The molecule has 0 unspecified atom stereocenters. The van der Waals surface area contributed by atoms with Crippen LogP contribution in [0.5, 0.6) is 0 Å². The summed E-state index contributed by atoms with van der Waals surface area (Å²) >= 11 is 3.22. The highest BCUT2D eigenvalue weighted by Crippen LogP contribution is 2.33. The summed E-state index contributed by atoms with van der Waals surface area (Å²) in [5.74, 6) is -0.000262. The van der Waals surface area contributed by atoms with E-state index in [9.17, 15) is 14.9 Å². The number of nitro benzene ring substituents is 1. The molecule has 6 nitrogen and oxygen atoms in total. The Labute approximate surface area is 119 Å². The second-order valence-electron chi connectivity index (χ2n) is 4.57. The summed E-state index contributed by atoms with van der Waals surface area (Å²) in [7, 11) is 3.46. The molecule has 1 aromatic rings. The lowest BCUT2D eigenvalue weighted by atomic mass is 10.1. The molecule has 19 heavy (non-hydrogen) atoms. The number of nitro groups is 1. The van der Waals surface area contributed by atoms with Gasteiger partial charge in [-0.3, -0.25) is 14.9 Å². The number of likely N-dealkylation sites (N-methyl/N-ethyl adjacent to an activating group) is 2. The molecule has 1 amide bonds. The van der Waals surface area contributed by atoms with Crippen LogP contribution in [0.2, 0.25) is 0 Å². The Morgan fingerprint density at radius 3 is 2.74 bits per heavy atom. The molecule has 0 N–H and O–H groups in total. The largest absolute Gasteiger partial charge is 0.357 e. The van der Waals surface area contributed by atoms with E-state index in [1.54, 1.807) is 36.0 Å². The number of benzene rings is 1. The second-order valence-corrected chi connectivity index (χ2v) is 5.48. The number of rotatable bonds is 3. The summed E-state index contributed by atoms with van der Waals surface area (Å²) < 4.78 is 0.645. The fourth-order valence-corrected chi connectivity index (χ4v) is 2.62. The van der Waals surface area contributed by atoms with Crippen molar-refractivity contribution < 1.29 is 9.72 Å². The normalized spacial score (nSPS) is 18.8. The molecule has 0 saturated carbocycles. The zero-order chi connectivity index (χ0) is 14.2. The van der Waals surface area contributed by atoms with E-state index in [0.29, 0.717) is 23.1 Å². The van der Waals surface area contributed by atoms with Crippen molar-refractivity contribution in [2.45, 2.75) is 12.5 Å². The molecule has 0 aliphatic carbocycles. The third-order valence-electron chi connectivity index (χ3n) is 3.38. The van der Waals surface area contributed by atoms with Gasteiger partial charge in [0, 0.05) is 31.2 Å². The van der Waals surface area contributed by atoms with Crippen molar-refractivity contribution in [1.29, 1.82) is 0 Å². The summed E-state index contributed by atoms with van der Waals surface area (Å²) in [6.45, 7) is 0.679. The minimum absolute atomic E-state index is 0.000262. The lowest BCUT2D eigenvalue weighted by Crippen LogP contribution is -2.38. The summed E-state index contributed by atoms with van der Waals surface area (Å²) in [6, 6.07) is 4.52. The molecule has 0 bridgehead atoms. The molecule has 7 heteroatoms. The smallest absolute Gasteiger partial charge is 0.293 e. The van der Waals surface area contributed by atoms with Crippen molar-refractivity contribution in [2.75, 3.05) is 25.5 Å². The first-order chi connectivity index (χ1) is 8.91. The third kappa shape index (κ3) is 2.56. The van der Waals surface area contributed by atoms with Crippen LogP contribution < -0.4 is 4.90 Å². The zero-order valence-corrected chi connectivity index (χ0v) is 12.3. The van der Waals surface area contributed by atoms with Crippen LogP contribution in [-0.2, 0) is 4.79 Å². The monoisotopic (exact) mass is 327 g/mol. The van der Waals surface area contributed by atoms with Gasteiger partial charge in [0.05, 0.1) is 4.92 Å². The summed E-state index contributed by atoms with van der Waals surface area (Å²) in [6.07, 6.45) is 0.680. The number of hydrogen-bond donors (Lipinski definition) is 0. The van der Waals surface area contributed by atoms with Crippen LogP contribution in [0.3, 0.4) is 0 Å². The highest BCUT2D eigenvalue weighted by atomic mass is 79.9. The van der Waals surface area contributed by atoms with E-state index in [-0.39, 0.29) is 17.6 Å². The van der Waals surface area contributed by atoms with E-state index in [1.165, 1.54) is 6.07 Å². The van der Waals surface area contributed by atoms with Gasteiger partial charge in [-0.1, -0.05) is 15.9 Å². The number of carbonyl (C=O) groups excluding carboxylic acids is 1. The van der Waals surface area contributed by atoms with E-state index in [2.05, 4.69) is 15.9 Å². The maximum atomic E-state index is 12.0. The molecule has 1 fully saturated rings. The first kappa shape index (κ1) is 13.8.